The molecule has 9 heteroatoms. The van der Waals surface area contributed by atoms with E-state index in [0.717, 1.165) is 21.0 Å². The second-order valence-corrected chi connectivity index (χ2v) is 11.1. The minimum Gasteiger partial charge on any atom is -0.357 e. The average molecular weight is 542 g/mol. The molecule has 0 heterocycles. The third-order valence-electron chi connectivity index (χ3n) is 6.13. The molecule has 0 aliphatic rings. The molecule has 0 radical (unpaired) electrons. The van der Waals surface area contributed by atoms with Gasteiger partial charge in [0.05, 0.1) is 10.6 Å². The van der Waals surface area contributed by atoms with E-state index < -0.39 is 28.5 Å². The fourth-order valence-corrected chi connectivity index (χ4v) is 5.82. The molecule has 0 bridgehead atoms. The molecule has 2 amide bonds. The second-order valence-electron chi connectivity index (χ2n) is 8.80. The maximum atomic E-state index is 13.9. The van der Waals surface area contributed by atoms with E-state index in [1.807, 2.05) is 32.9 Å². The number of sulfonamides is 1. The number of anilines is 1. The SMILES string of the molecule is CC[C@@H](C(=O)NC)N(Cc1ccc(Cl)cc1)C(=O)CN(c1ccc(C)cc1C)S(=O)(=O)c1ccccc1. The zero-order valence-electron chi connectivity index (χ0n) is 21.4. The topological polar surface area (TPSA) is 86.8 Å². The van der Waals surface area contributed by atoms with Crippen LogP contribution in [0, 0.1) is 13.8 Å². The fourth-order valence-electron chi connectivity index (χ4n) is 4.19. The molecule has 37 heavy (non-hydrogen) atoms. The summed E-state index contributed by atoms with van der Waals surface area (Å²) in [7, 11) is -2.58. The molecule has 0 fully saturated rings. The molecular formula is C28H32ClN3O4S. The minimum absolute atomic E-state index is 0.0744. The molecule has 0 aromatic heterocycles. The largest absolute Gasteiger partial charge is 0.357 e. The summed E-state index contributed by atoms with van der Waals surface area (Å²) >= 11 is 6.03. The Morgan fingerprint density at radius 2 is 1.62 bits per heavy atom. The van der Waals surface area contributed by atoms with Gasteiger partial charge in [-0.25, -0.2) is 8.42 Å². The normalized spacial score (nSPS) is 12.0. The van der Waals surface area contributed by atoms with Gasteiger partial charge in [-0.3, -0.25) is 13.9 Å². The summed E-state index contributed by atoms with van der Waals surface area (Å²) in [5.41, 5.74) is 2.86. The van der Waals surface area contributed by atoms with E-state index in [-0.39, 0.29) is 17.3 Å². The summed E-state index contributed by atoms with van der Waals surface area (Å²) in [6.45, 7) is 5.19. The van der Waals surface area contributed by atoms with Crippen molar-refractivity contribution < 1.29 is 18.0 Å². The Hall–Kier alpha value is -3.36. The molecule has 1 atom stereocenters. The van der Waals surface area contributed by atoms with Crippen LogP contribution in [0.2, 0.25) is 5.02 Å². The van der Waals surface area contributed by atoms with Crippen LogP contribution in [0.1, 0.15) is 30.0 Å². The Morgan fingerprint density at radius 1 is 0.973 bits per heavy atom. The molecule has 0 aliphatic heterocycles. The minimum atomic E-state index is -4.09. The molecule has 196 valence electrons. The van der Waals surface area contributed by atoms with Crippen molar-refractivity contribution in [3.05, 3.63) is 94.5 Å². The zero-order chi connectivity index (χ0) is 27.2. The summed E-state index contributed by atoms with van der Waals surface area (Å²) in [4.78, 5) is 28.1. The van der Waals surface area contributed by atoms with Crippen LogP contribution in [0.4, 0.5) is 5.69 Å². The molecule has 7 nitrogen and oxygen atoms in total. The molecule has 0 unspecified atom stereocenters. The number of likely N-dealkylation sites (N-methyl/N-ethyl adjacent to an activating group) is 1. The van der Waals surface area contributed by atoms with Crippen LogP contribution in [-0.2, 0) is 26.2 Å². The van der Waals surface area contributed by atoms with Crippen LogP contribution in [0.15, 0.2) is 77.7 Å². The standard InChI is InChI=1S/C28H32ClN3O4S/c1-5-25(28(34)30-4)31(18-22-12-14-23(29)15-13-22)27(33)19-32(26-16-11-20(2)17-21(26)3)37(35,36)24-9-7-6-8-10-24/h6-17,25H,5,18-19H2,1-4H3,(H,30,34)/t25-/m0/s1. The Labute approximate surface area is 224 Å². The number of rotatable bonds is 10. The van der Waals surface area contributed by atoms with Crippen molar-refractivity contribution in [2.75, 3.05) is 17.9 Å². The number of carbonyl (C=O) groups is 2. The number of amides is 2. The summed E-state index contributed by atoms with van der Waals surface area (Å²) < 4.78 is 28.8. The van der Waals surface area contributed by atoms with Crippen LogP contribution >= 0.6 is 11.6 Å². The smallest absolute Gasteiger partial charge is 0.264 e. The Balaban J connectivity index is 2.08. The number of halogens is 1. The van der Waals surface area contributed by atoms with E-state index in [1.54, 1.807) is 48.5 Å². The van der Waals surface area contributed by atoms with E-state index in [9.17, 15) is 18.0 Å². The first-order valence-corrected chi connectivity index (χ1v) is 13.8. The summed E-state index contributed by atoms with van der Waals surface area (Å²) in [5.74, 6) is -0.821. The summed E-state index contributed by atoms with van der Waals surface area (Å²) in [6.07, 6.45) is 0.355. The van der Waals surface area contributed by atoms with Crippen LogP contribution in [0.5, 0.6) is 0 Å². The van der Waals surface area contributed by atoms with E-state index in [1.165, 1.54) is 24.1 Å². The van der Waals surface area contributed by atoms with E-state index in [2.05, 4.69) is 5.32 Å². The van der Waals surface area contributed by atoms with Crippen molar-refractivity contribution in [1.29, 1.82) is 0 Å². The van der Waals surface area contributed by atoms with Crippen molar-refractivity contribution in [3.63, 3.8) is 0 Å². The maximum Gasteiger partial charge on any atom is 0.264 e. The van der Waals surface area contributed by atoms with E-state index >= 15 is 0 Å². The highest BCUT2D eigenvalue weighted by atomic mass is 35.5. The number of nitrogens with one attached hydrogen (secondary N) is 1. The number of hydrogen-bond acceptors (Lipinski definition) is 4. The highest BCUT2D eigenvalue weighted by Crippen LogP contribution is 2.28. The predicted octanol–water partition coefficient (Wildman–Crippen LogP) is 4.71. The van der Waals surface area contributed by atoms with E-state index in [4.69, 9.17) is 11.6 Å². The molecule has 3 aromatic rings. The molecule has 3 rings (SSSR count). The number of hydrogen-bond donors (Lipinski definition) is 1. The van der Waals surface area contributed by atoms with Crippen molar-refractivity contribution in [3.8, 4) is 0 Å². The summed E-state index contributed by atoms with van der Waals surface area (Å²) in [5, 5.41) is 3.17. The molecule has 0 aliphatic carbocycles. The van der Waals surface area contributed by atoms with Gasteiger partial charge in [-0.15, -0.1) is 0 Å². The van der Waals surface area contributed by atoms with Crippen molar-refractivity contribution in [1.82, 2.24) is 10.2 Å². The lowest BCUT2D eigenvalue weighted by atomic mass is 10.1. The first-order chi connectivity index (χ1) is 17.6. The molecule has 0 spiro atoms. The van der Waals surface area contributed by atoms with Crippen LogP contribution in [0.3, 0.4) is 0 Å². The average Bonchev–Trinajstić information content (AvgIpc) is 2.88. The van der Waals surface area contributed by atoms with Crippen LogP contribution in [0.25, 0.3) is 0 Å². The van der Waals surface area contributed by atoms with Gasteiger partial charge in [0.1, 0.15) is 12.6 Å². The van der Waals surface area contributed by atoms with Crippen molar-refractivity contribution >= 4 is 39.1 Å². The van der Waals surface area contributed by atoms with Gasteiger partial charge in [-0.1, -0.05) is 66.6 Å². The highest BCUT2D eigenvalue weighted by molar-refractivity contribution is 7.92. The lowest BCUT2D eigenvalue weighted by Crippen LogP contribution is -2.51. The van der Waals surface area contributed by atoms with Gasteiger partial charge in [0, 0.05) is 18.6 Å². The molecular weight excluding hydrogens is 510 g/mol. The first-order valence-electron chi connectivity index (χ1n) is 12.0. The van der Waals surface area contributed by atoms with Crippen molar-refractivity contribution in [2.45, 2.75) is 44.7 Å². The quantitative estimate of drug-likeness (QED) is 0.403. The number of aryl methyl sites for hydroxylation is 2. The number of benzene rings is 3. The zero-order valence-corrected chi connectivity index (χ0v) is 23.0. The lowest BCUT2D eigenvalue weighted by molar-refractivity contribution is -0.140. The first kappa shape index (κ1) is 28.2. The van der Waals surface area contributed by atoms with Crippen molar-refractivity contribution in [2.24, 2.45) is 0 Å². The van der Waals surface area contributed by atoms with Gasteiger partial charge in [0.2, 0.25) is 11.8 Å². The number of nitrogens with zero attached hydrogens (tertiary/aromatic N) is 2. The Morgan fingerprint density at radius 3 is 2.19 bits per heavy atom. The van der Waals surface area contributed by atoms with Gasteiger partial charge in [0.15, 0.2) is 0 Å². The highest BCUT2D eigenvalue weighted by Gasteiger charge is 2.33. The van der Waals surface area contributed by atoms with Gasteiger partial charge in [-0.05, 0) is 61.7 Å². The molecule has 0 saturated heterocycles. The lowest BCUT2D eigenvalue weighted by Gasteiger charge is -2.33. The predicted molar refractivity (Wildman–Crippen MR) is 147 cm³/mol. The van der Waals surface area contributed by atoms with E-state index in [0.29, 0.717) is 17.1 Å². The fraction of sp³-hybridized carbons (Fsp3) is 0.286. The van der Waals surface area contributed by atoms with Crippen LogP contribution < -0.4 is 9.62 Å². The van der Waals surface area contributed by atoms with Gasteiger partial charge in [0.25, 0.3) is 10.0 Å². The Bertz CT molecular complexity index is 1350. The van der Waals surface area contributed by atoms with Gasteiger partial charge < -0.3 is 10.2 Å². The van der Waals surface area contributed by atoms with Gasteiger partial charge >= 0.3 is 0 Å². The second kappa shape index (κ2) is 12.3. The maximum absolute atomic E-state index is 13.9. The molecule has 3 aromatic carbocycles. The monoisotopic (exact) mass is 541 g/mol. The molecule has 0 saturated carbocycles. The Kier molecular flexibility index (Phi) is 9.34. The summed E-state index contributed by atoms with van der Waals surface area (Å²) in [6, 6.07) is 19.6. The third-order valence-corrected chi connectivity index (χ3v) is 8.16. The van der Waals surface area contributed by atoms with Gasteiger partial charge in [-0.2, -0.15) is 0 Å². The third kappa shape index (κ3) is 6.70. The number of carbonyl (C=O) groups excluding carboxylic acids is 2. The van der Waals surface area contributed by atoms with Crippen LogP contribution in [-0.4, -0.2) is 44.8 Å². The molecule has 1 N–H and O–H groups in total.